The Morgan fingerprint density at radius 3 is 2.87 bits per heavy atom. The molecule has 86 valence electrons. The third-order valence-electron chi connectivity index (χ3n) is 2.52. The SMILES string of the molecule is CC(CCNCc1ccn(C)c1)S(C)=O. The van der Waals surface area contributed by atoms with Gasteiger partial charge in [-0.1, -0.05) is 6.92 Å². The van der Waals surface area contributed by atoms with E-state index < -0.39 is 10.8 Å². The molecule has 3 nitrogen and oxygen atoms in total. The molecule has 2 atom stereocenters. The van der Waals surface area contributed by atoms with Crippen molar-refractivity contribution in [2.75, 3.05) is 12.8 Å². The summed E-state index contributed by atoms with van der Waals surface area (Å²) in [6.07, 6.45) is 6.88. The lowest BCUT2D eigenvalue weighted by Gasteiger charge is -2.08. The van der Waals surface area contributed by atoms with E-state index in [-0.39, 0.29) is 5.25 Å². The molecule has 1 N–H and O–H groups in total. The van der Waals surface area contributed by atoms with Crippen LogP contribution in [-0.4, -0.2) is 26.8 Å². The van der Waals surface area contributed by atoms with Crippen molar-refractivity contribution in [2.45, 2.75) is 25.1 Å². The summed E-state index contributed by atoms with van der Waals surface area (Å²) < 4.78 is 13.1. The van der Waals surface area contributed by atoms with E-state index in [0.29, 0.717) is 0 Å². The summed E-state index contributed by atoms with van der Waals surface area (Å²) in [5, 5.41) is 3.64. The van der Waals surface area contributed by atoms with E-state index in [0.717, 1.165) is 19.5 Å². The van der Waals surface area contributed by atoms with Crippen molar-refractivity contribution in [3.63, 3.8) is 0 Å². The maximum Gasteiger partial charge on any atom is 0.0329 e. The van der Waals surface area contributed by atoms with Gasteiger partial charge in [-0.2, -0.15) is 0 Å². The van der Waals surface area contributed by atoms with E-state index in [2.05, 4.69) is 17.6 Å². The second kappa shape index (κ2) is 6.08. The van der Waals surface area contributed by atoms with Crippen molar-refractivity contribution in [3.05, 3.63) is 24.0 Å². The average molecular weight is 228 g/mol. The fraction of sp³-hybridized carbons (Fsp3) is 0.636. The highest BCUT2D eigenvalue weighted by molar-refractivity contribution is 7.84. The number of rotatable bonds is 6. The van der Waals surface area contributed by atoms with Crippen LogP contribution >= 0.6 is 0 Å². The van der Waals surface area contributed by atoms with Gasteiger partial charge in [-0.05, 0) is 24.6 Å². The number of nitrogens with zero attached hydrogens (tertiary/aromatic N) is 1. The first kappa shape index (κ1) is 12.5. The minimum Gasteiger partial charge on any atom is -0.357 e. The zero-order valence-electron chi connectivity index (χ0n) is 9.69. The molecular formula is C11H20N2OS. The molecule has 1 aromatic rings. The van der Waals surface area contributed by atoms with Gasteiger partial charge < -0.3 is 9.88 Å². The van der Waals surface area contributed by atoms with Crippen LogP contribution in [-0.2, 0) is 24.4 Å². The molecule has 0 saturated carbocycles. The van der Waals surface area contributed by atoms with E-state index in [4.69, 9.17) is 0 Å². The standard InChI is InChI=1S/C11H20N2OS/c1-10(15(3)14)4-6-12-8-11-5-7-13(2)9-11/h5,7,9-10,12H,4,6,8H2,1-3H3. The Bertz CT molecular complexity index is 322. The summed E-state index contributed by atoms with van der Waals surface area (Å²) in [6, 6.07) is 2.11. The second-order valence-electron chi connectivity index (χ2n) is 3.96. The van der Waals surface area contributed by atoms with Crippen molar-refractivity contribution in [3.8, 4) is 0 Å². The molecule has 1 aromatic heterocycles. The molecule has 0 aliphatic rings. The van der Waals surface area contributed by atoms with Crippen molar-refractivity contribution in [1.82, 2.24) is 9.88 Å². The van der Waals surface area contributed by atoms with E-state index >= 15 is 0 Å². The highest BCUT2D eigenvalue weighted by Gasteiger charge is 2.04. The fourth-order valence-electron chi connectivity index (χ4n) is 1.37. The Balaban J connectivity index is 2.14. The topological polar surface area (TPSA) is 34.0 Å². The van der Waals surface area contributed by atoms with Gasteiger partial charge in [0.2, 0.25) is 0 Å². The summed E-state index contributed by atoms with van der Waals surface area (Å²) in [6.45, 7) is 3.85. The lowest BCUT2D eigenvalue weighted by Crippen LogP contribution is -2.20. The first-order chi connectivity index (χ1) is 7.09. The van der Waals surface area contributed by atoms with Gasteiger partial charge in [-0.15, -0.1) is 0 Å². The van der Waals surface area contributed by atoms with Crippen LogP contribution in [0.15, 0.2) is 18.5 Å². The molecule has 0 amide bonds. The molecule has 15 heavy (non-hydrogen) atoms. The van der Waals surface area contributed by atoms with Gasteiger partial charge >= 0.3 is 0 Å². The van der Waals surface area contributed by atoms with Crippen LogP contribution < -0.4 is 5.32 Å². The molecule has 0 aromatic carbocycles. The number of nitrogens with one attached hydrogen (secondary N) is 1. The molecule has 1 heterocycles. The lowest BCUT2D eigenvalue weighted by atomic mass is 10.3. The molecule has 0 spiro atoms. The zero-order valence-corrected chi connectivity index (χ0v) is 10.5. The summed E-state index contributed by atoms with van der Waals surface area (Å²) in [5.74, 6) is 0. The molecule has 0 aliphatic carbocycles. The Kier molecular flexibility index (Phi) is 5.05. The second-order valence-corrected chi connectivity index (χ2v) is 5.76. The normalized spacial score (nSPS) is 15.1. The van der Waals surface area contributed by atoms with E-state index in [1.165, 1.54) is 5.56 Å². The molecule has 4 heteroatoms. The van der Waals surface area contributed by atoms with Gasteiger partial charge in [-0.25, -0.2) is 0 Å². The van der Waals surface area contributed by atoms with Crippen molar-refractivity contribution in [1.29, 1.82) is 0 Å². The molecule has 0 aliphatic heterocycles. The predicted molar refractivity (Wildman–Crippen MR) is 65.3 cm³/mol. The third-order valence-corrected chi connectivity index (χ3v) is 3.89. The summed E-state index contributed by atoms with van der Waals surface area (Å²) >= 11 is 0. The fourth-order valence-corrected chi connectivity index (χ4v) is 1.82. The predicted octanol–water partition coefficient (Wildman–Crippen LogP) is 1.27. The van der Waals surface area contributed by atoms with E-state index in [9.17, 15) is 4.21 Å². The highest BCUT2D eigenvalue weighted by Crippen LogP contribution is 2.00. The van der Waals surface area contributed by atoms with Crippen molar-refractivity contribution >= 4 is 10.8 Å². The molecule has 0 fully saturated rings. The summed E-state index contributed by atoms with van der Waals surface area (Å²) in [5.41, 5.74) is 1.29. The Hall–Kier alpha value is -0.610. The average Bonchev–Trinajstić information content (AvgIpc) is 2.58. The van der Waals surface area contributed by atoms with E-state index in [1.54, 1.807) is 6.26 Å². The molecule has 2 unspecified atom stereocenters. The molecule has 1 rings (SSSR count). The summed E-state index contributed by atoms with van der Waals surface area (Å²) in [4.78, 5) is 0. The van der Waals surface area contributed by atoms with Crippen LogP contribution in [0, 0.1) is 0 Å². The molecular weight excluding hydrogens is 208 g/mol. The lowest BCUT2D eigenvalue weighted by molar-refractivity contribution is 0.628. The van der Waals surface area contributed by atoms with Crippen LogP contribution in [0.5, 0.6) is 0 Å². The highest BCUT2D eigenvalue weighted by atomic mass is 32.2. The summed E-state index contributed by atoms with van der Waals surface area (Å²) in [7, 11) is 1.32. The maximum absolute atomic E-state index is 11.1. The quantitative estimate of drug-likeness (QED) is 0.744. The van der Waals surface area contributed by atoms with Gasteiger partial charge in [0.25, 0.3) is 0 Å². The number of aromatic nitrogens is 1. The first-order valence-corrected chi connectivity index (χ1v) is 6.85. The maximum atomic E-state index is 11.1. The largest absolute Gasteiger partial charge is 0.357 e. The Labute approximate surface area is 94.3 Å². The van der Waals surface area contributed by atoms with Gasteiger partial charge in [0.15, 0.2) is 0 Å². The monoisotopic (exact) mass is 228 g/mol. The van der Waals surface area contributed by atoms with Gasteiger partial charge in [0.1, 0.15) is 0 Å². The third kappa shape index (κ3) is 4.62. The smallest absolute Gasteiger partial charge is 0.0329 e. The first-order valence-electron chi connectivity index (χ1n) is 5.23. The van der Waals surface area contributed by atoms with Crippen LogP contribution in [0.25, 0.3) is 0 Å². The van der Waals surface area contributed by atoms with Crippen LogP contribution in [0.1, 0.15) is 18.9 Å². The van der Waals surface area contributed by atoms with Crippen LogP contribution in [0.4, 0.5) is 0 Å². The number of aryl methyl sites for hydroxylation is 1. The Morgan fingerprint density at radius 1 is 1.60 bits per heavy atom. The minimum absolute atomic E-state index is 0.285. The van der Waals surface area contributed by atoms with Crippen molar-refractivity contribution in [2.24, 2.45) is 7.05 Å². The van der Waals surface area contributed by atoms with Gasteiger partial charge in [0.05, 0.1) is 0 Å². The number of hydrogen-bond donors (Lipinski definition) is 1. The minimum atomic E-state index is -0.698. The molecule has 0 bridgehead atoms. The molecule has 0 radical (unpaired) electrons. The van der Waals surface area contributed by atoms with E-state index in [1.807, 2.05) is 24.7 Å². The van der Waals surface area contributed by atoms with Gasteiger partial charge in [-0.3, -0.25) is 4.21 Å². The number of hydrogen-bond acceptors (Lipinski definition) is 2. The van der Waals surface area contributed by atoms with Gasteiger partial charge in [0, 0.05) is 48.3 Å². The van der Waals surface area contributed by atoms with Crippen molar-refractivity contribution < 1.29 is 4.21 Å². The Morgan fingerprint density at radius 2 is 2.33 bits per heavy atom. The molecule has 0 saturated heterocycles. The van der Waals surface area contributed by atoms with Crippen LogP contribution in [0.2, 0.25) is 0 Å². The zero-order chi connectivity index (χ0) is 11.3. The van der Waals surface area contributed by atoms with Crippen LogP contribution in [0.3, 0.4) is 0 Å².